The van der Waals surface area contributed by atoms with Crippen LogP contribution in [0.1, 0.15) is 10.4 Å². The van der Waals surface area contributed by atoms with Crippen molar-refractivity contribution >= 4 is 34.9 Å². The number of hydrogen-bond donors (Lipinski definition) is 1. The number of halogens is 2. The van der Waals surface area contributed by atoms with E-state index in [1.807, 2.05) is 0 Å². The van der Waals surface area contributed by atoms with Crippen LogP contribution in [0.5, 0.6) is 5.75 Å². The van der Waals surface area contributed by atoms with Gasteiger partial charge in [0.25, 0.3) is 0 Å². The maximum Gasteiger partial charge on any atom is 0.341 e. The minimum Gasteiger partial charge on any atom is -0.494 e. The Morgan fingerprint density at radius 3 is 2.47 bits per heavy atom. The zero-order valence-corrected chi connectivity index (χ0v) is 9.65. The molecule has 4 nitrogen and oxygen atoms in total. The lowest BCUT2D eigenvalue weighted by molar-refractivity contribution is 0.0597. The zero-order chi connectivity index (χ0) is 11.6. The van der Waals surface area contributed by atoms with Crippen LogP contribution >= 0.6 is 23.2 Å². The van der Waals surface area contributed by atoms with Crippen molar-refractivity contribution in [2.45, 2.75) is 0 Å². The van der Waals surface area contributed by atoms with E-state index in [1.165, 1.54) is 20.3 Å². The molecule has 15 heavy (non-hydrogen) atoms. The summed E-state index contributed by atoms with van der Waals surface area (Å²) in [5.41, 5.74) is 5.88. The number of carbonyl (C=O) groups excluding carboxylic acids is 1. The van der Waals surface area contributed by atoms with E-state index in [1.54, 1.807) is 0 Å². The Hall–Kier alpha value is -1.13. The zero-order valence-electron chi connectivity index (χ0n) is 8.14. The standard InChI is InChI=1S/C9H9Cl2NO3/c1-14-8-4(9(13)15-2)3-5(10)7(12)6(8)11/h3H,12H2,1-2H3. The van der Waals surface area contributed by atoms with Crippen LogP contribution in [0.3, 0.4) is 0 Å². The minimum absolute atomic E-state index is 0.102. The molecule has 0 aliphatic heterocycles. The smallest absolute Gasteiger partial charge is 0.341 e. The van der Waals surface area contributed by atoms with Gasteiger partial charge in [0.05, 0.1) is 24.9 Å². The topological polar surface area (TPSA) is 61.5 Å². The van der Waals surface area contributed by atoms with Crippen molar-refractivity contribution in [3.63, 3.8) is 0 Å². The van der Waals surface area contributed by atoms with Crippen LogP contribution in [0.25, 0.3) is 0 Å². The molecule has 0 saturated heterocycles. The molecule has 0 aliphatic carbocycles. The maximum atomic E-state index is 11.3. The van der Waals surface area contributed by atoms with Gasteiger partial charge in [-0.3, -0.25) is 0 Å². The molecule has 0 amide bonds. The molecule has 1 rings (SSSR count). The monoisotopic (exact) mass is 249 g/mol. The summed E-state index contributed by atoms with van der Waals surface area (Å²) in [5, 5.41) is 0.284. The molecule has 0 aromatic heterocycles. The van der Waals surface area contributed by atoms with E-state index < -0.39 is 5.97 Å². The van der Waals surface area contributed by atoms with Gasteiger partial charge in [-0.05, 0) is 6.07 Å². The van der Waals surface area contributed by atoms with Gasteiger partial charge in [0.2, 0.25) is 0 Å². The molecule has 6 heteroatoms. The van der Waals surface area contributed by atoms with Crippen LogP contribution in [-0.2, 0) is 4.74 Å². The number of anilines is 1. The predicted octanol–water partition coefficient (Wildman–Crippen LogP) is 2.37. The van der Waals surface area contributed by atoms with Crippen LogP contribution in [-0.4, -0.2) is 20.2 Å². The lowest BCUT2D eigenvalue weighted by atomic mass is 10.2. The van der Waals surface area contributed by atoms with Crippen LogP contribution in [0, 0.1) is 0 Å². The average molecular weight is 250 g/mol. The second-order valence-corrected chi connectivity index (χ2v) is 3.44. The highest BCUT2D eigenvalue weighted by Crippen LogP contribution is 2.38. The summed E-state index contributed by atoms with van der Waals surface area (Å²) in [7, 11) is 2.63. The molecule has 0 unspecified atom stereocenters. The van der Waals surface area contributed by atoms with Crippen LogP contribution in [0.15, 0.2) is 6.07 Å². The second kappa shape index (κ2) is 4.59. The normalized spacial score (nSPS) is 9.87. The van der Waals surface area contributed by atoms with Gasteiger partial charge in [-0.2, -0.15) is 0 Å². The van der Waals surface area contributed by atoms with Gasteiger partial charge in [0, 0.05) is 0 Å². The van der Waals surface area contributed by atoms with Crippen molar-refractivity contribution in [3.05, 3.63) is 21.7 Å². The van der Waals surface area contributed by atoms with E-state index in [0.717, 1.165) is 0 Å². The Labute approximate surface area is 96.9 Å². The van der Waals surface area contributed by atoms with Gasteiger partial charge in [0.1, 0.15) is 10.6 Å². The van der Waals surface area contributed by atoms with Crippen molar-refractivity contribution in [2.24, 2.45) is 0 Å². The molecule has 2 N–H and O–H groups in total. The first-order chi connectivity index (χ1) is 7.02. The van der Waals surface area contributed by atoms with Crippen molar-refractivity contribution < 1.29 is 14.3 Å². The molecule has 0 heterocycles. The number of rotatable bonds is 2. The quantitative estimate of drug-likeness (QED) is 0.646. The Balaban J connectivity index is 3.45. The predicted molar refractivity (Wildman–Crippen MR) is 58.8 cm³/mol. The van der Waals surface area contributed by atoms with Crippen molar-refractivity contribution in [1.29, 1.82) is 0 Å². The largest absolute Gasteiger partial charge is 0.494 e. The number of esters is 1. The number of nitrogen functional groups attached to an aromatic ring is 1. The molecular formula is C9H9Cl2NO3. The first-order valence-electron chi connectivity index (χ1n) is 3.92. The molecule has 0 fully saturated rings. The highest BCUT2D eigenvalue weighted by Gasteiger charge is 2.20. The molecule has 0 radical (unpaired) electrons. The van der Waals surface area contributed by atoms with Gasteiger partial charge < -0.3 is 15.2 Å². The lowest BCUT2D eigenvalue weighted by Gasteiger charge is -2.11. The molecule has 0 aliphatic rings. The molecule has 0 saturated carbocycles. The van der Waals surface area contributed by atoms with Crippen LogP contribution in [0.4, 0.5) is 5.69 Å². The first-order valence-corrected chi connectivity index (χ1v) is 4.68. The molecule has 0 atom stereocenters. The van der Waals surface area contributed by atoms with Gasteiger partial charge in [-0.25, -0.2) is 4.79 Å². The molecule has 1 aromatic carbocycles. The molecule has 82 valence electrons. The third-order valence-electron chi connectivity index (χ3n) is 1.82. The van der Waals surface area contributed by atoms with E-state index in [2.05, 4.69) is 4.74 Å². The molecule has 0 spiro atoms. The summed E-state index contributed by atoms with van der Waals surface area (Å²) in [5.74, 6) is -0.430. The highest BCUT2D eigenvalue weighted by molar-refractivity contribution is 6.40. The molecular weight excluding hydrogens is 241 g/mol. The second-order valence-electron chi connectivity index (χ2n) is 2.66. The third kappa shape index (κ3) is 2.11. The average Bonchev–Trinajstić information content (AvgIpc) is 2.24. The fourth-order valence-electron chi connectivity index (χ4n) is 1.08. The Kier molecular flexibility index (Phi) is 3.66. The number of ether oxygens (including phenoxy) is 2. The van der Waals surface area contributed by atoms with Gasteiger partial charge >= 0.3 is 5.97 Å². The number of benzene rings is 1. The van der Waals surface area contributed by atoms with Crippen LogP contribution in [0.2, 0.25) is 10.0 Å². The van der Waals surface area contributed by atoms with Crippen molar-refractivity contribution in [1.82, 2.24) is 0 Å². The van der Waals surface area contributed by atoms with Crippen molar-refractivity contribution in [3.8, 4) is 5.75 Å². The van der Waals surface area contributed by atoms with E-state index in [-0.39, 0.29) is 27.0 Å². The summed E-state index contributed by atoms with van der Waals surface area (Å²) < 4.78 is 9.52. The van der Waals surface area contributed by atoms with Crippen LogP contribution < -0.4 is 10.5 Å². The van der Waals surface area contributed by atoms with Gasteiger partial charge in [-0.15, -0.1) is 0 Å². The number of nitrogens with two attached hydrogens (primary N) is 1. The summed E-state index contributed by atoms with van der Waals surface area (Å²) in [6, 6.07) is 1.35. The fraction of sp³-hybridized carbons (Fsp3) is 0.222. The SMILES string of the molecule is COC(=O)c1cc(Cl)c(N)c(Cl)c1OC. The summed E-state index contributed by atoms with van der Waals surface area (Å²) in [4.78, 5) is 11.3. The Bertz CT molecular complexity index is 407. The van der Waals surface area contributed by atoms with E-state index >= 15 is 0 Å². The van der Waals surface area contributed by atoms with E-state index in [0.29, 0.717) is 0 Å². The Morgan fingerprint density at radius 1 is 1.40 bits per heavy atom. The van der Waals surface area contributed by atoms with E-state index in [9.17, 15) is 4.79 Å². The third-order valence-corrected chi connectivity index (χ3v) is 2.51. The lowest BCUT2D eigenvalue weighted by Crippen LogP contribution is -2.06. The number of methoxy groups -OCH3 is 2. The number of hydrogen-bond acceptors (Lipinski definition) is 4. The fourth-order valence-corrected chi connectivity index (χ4v) is 1.61. The first kappa shape index (κ1) is 11.9. The summed E-state index contributed by atoms with van der Waals surface area (Å²) in [6.45, 7) is 0. The Morgan fingerprint density at radius 2 is 2.00 bits per heavy atom. The summed E-state index contributed by atoms with van der Waals surface area (Å²) in [6.07, 6.45) is 0. The van der Waals surface area contributed by atoms with Crippen molar-refractivity contribution in [2.75, 3.05) is 20.0 Å². The van der Waals surface area contributed by atoms with Gasteiger partial charge in [0.15, 0.2) is 5.75 Å². The minimum atomic E-state index is -0.587. The number of carbonyl (C=O) groups is 1. The highest BCUT2D eigenvalue weighted by atomic mass is 35.5. The van der Waals surface area contributed by atoms with Gasteiger partial charge in [-0.1, -0.05) is 23.2 Å². The molecule has 0 bridgehead atoms. The van der Waals surface area contributed by atoms with E-state index in [4.69, 9.17) is 33.7 Å². The molecule has 1 aromatic rings. The summed E-state index contributed by atoms with van der Waals surface area (Å²) >= 11 is 11.6. The maximum absolute atomic E-state index is 11.3.